The number of rotatable bonds is 7. The lowest BCUT2D eigenvalue weighted by Crippen LogP contribution is -2.23. The van der Waals surface area contributed by atoms with Gasteiger partial charge in [-0.05, 0) is 61.0 Å². The molecule has 146 valence electrons. The monoisotopic (exact) mass is 394 g/mol. The van der Waals surface area contributed by atoms with Crippen LogP contribution in [0.1, 0.15) is 16.7 Å². The van der Waals surface area contributed by atoms with E-state index in [0.717, 1.165) is 28.8 Å². The second-order valence-electron chi connectivity index (χ2n) is 7.23. The zero-order valence-electron chi connectivity index (χ0n) is 16.5. The Bertz CT molecular complexity index is 1040. The fourth-order valence-electron chi connectivity index (χ4n) is 3.15. The molecule has 0 saturated heterocycles. The topological polar surface area (TPSA) is 49.4 Å². The van der Waals surface area contributed by atoms with E-state index in [4.69, 9.17) is 0 Å². The van der Waals surface area contributed by atoms with Gasteiger partial charge >= 0.3 is 0 Å². The van der Waals surface area contributed by atoms with Gasteiger partial charge in [-0.1, -0.05) is 60.7 Å². The zero-order valence-corrected chi connectivity index (χ0v) is 17.3. The zero-order chi connectivity index (χ0) is 20.1. The van der Waals surface area contributed by atoms with Gasteiger partial charge in [0.15, 0.2) is 0 Å². The van der Waals surface area contributed by atoms with Crippen molar-refractivity contribution in [1.29, 1.82) is 0 Å². The van der Waals surface area contributed by atoms with E-state index in [-0.39, 0.29) is 11.4 Å². The average Bonchev–Trinajstić information content (AvgIpc) is 2.67. The summed E-state index contributed by atoms with van der Waals surface area (Å²) in [5.41, 5.74) is 5.21. The highest BCUT2D eigenvalue weighted by atomic mass is 32.2. The first-order valence-corrected chi connectivity index (χ1v) is 10.7. The number of sulfonamides is 1. The summed E-state index contributed by atoms with van der Waals surface area (Å²) in [6.07, 6.45) is 0. The van der Waals surface area contributed by atoms with Crippen LogP contribution in [0.4, 0.5) is 0 Å². The van der Waals surface area contributed by atoms with Gasteiger partial charge in [-0.2, -0.15) is 0 Å². The van der Waals surface area contributed by atoms with Crippen molar-refractivity contribution in [1.82, 2.24) is 9.62 Å². The molecule has 0 heterocycles. The Kier molecular flexibility index (Phi) is 6.29. The predicted molar refractivity (Wildman–Crippen MR) is 114 cm³/mol. The van der Waals surface area contributed by atoms with Gasteiger partial charge in [0.2, 0.25) is 10.0 Å². The van der Waals surface area contributed by atoms with Gasteiger partial charge in [0.25, 0.3) is 0 Å². The minimum atomic E-state index is -3.56. The standard InChI is InChI=1S/C23H26N2O2S/c1-18-7-6-9-22(15-18)28(26,27)24-16-21-8-4-5-10-23(21)20-13-11-19(12-14-20)17-25(2)3/h4-15,24H,16-17H2,1-3H3. The highest BCUT2D eigenvalue weighted by molar-refractivity contribution is 7.89. The maximum Gasteiger partial charge on any atom is 0.240 e. The molecule has 0 amide bonds. The Morgan fingerprint density at radius 2 is 1.61 bits per heavy atom. The van der Waals surface area contributed by atoms with Crippen molar-refractivity contribution >= 4 is 10.0 Å². The van der Waals surface area contributed by atoms with Crippen LogP contribution in [0.2, 0.25) is 0 Å². The summed E-state index contributed by atoms with van der Waals surface area (Å²) >= 11 is 0. The number of hydrogen-bond donors (Lipinski definition) is 1. The summed E-state index contributed by atoms with van der Waals surface area (Å²) in [5, 5.41) is 0. The van der Waals surface area contributed by atoms with Gasteiger partial charge in [0, 0.05) is 13.1 Å². The van der Waals surface area contributed by atoms with Crippen LogP contribution < -0.4 is 4.72 Å². The molecule has 3 rings (SSSR count). The van der Waals surface area contributed by atoms with Crippen LogP contribution >= 0.6 is 0 Å². The van der Waals surface area contributed by atoms with Crippen molar-refractivity contribution in [3.8, 4) is 11.1 Å². The Morgan fingerprint density at radius 1 is 0.893 bits per heavy atom. The van der Waals surface area contributed by atoms with E-state index in [9.17, 15) is 8.42 Å². The smallest absolute Gasteiger partial charge is 0.240 e. The second-order valence-corrected chi connectivity index (χ2v) is 9.00. The minimum Gasteiger partial charge on any atom is -0.305 e. The van der Waals surface area contributed by atoms with E-state index in [1.54, 1.807) is 18.2 Å². The third-order valence-electron chi connectivity index (χ3n) is 4.53. The molecule has 0 unspecified atom stereocenters. The summed E-state index contributed by atoms with van der Waals surface area (Å²) in [5.74, 6) is 0. The summed E-state index contributed by atoms with van der Waals surface area (Å²) in [4.78, 5) is 2.42. The van der Waals surface area contributed by atoms with Crippen molar-refractivity contribution in [2.75, 3.05) is 14.1 Å². The van der Waals surface area contributed by atoms with E-state index in [0.29, 0.717) is 0 Å². The van der Waals surface area contributed by atoms with Crippen molar-refractivity contribution in [3.05, 3.63) is 89.5 Å². The molecule has 0 fully saturated rings. The van der Waals surface area contributed by atoms with E-state index in [1.807, 2.05) is 51.4 Å². The molecule has 0 aliphatic carbocycles. The first kappa shape index (κ1) is 20.3. The van der Waals surface area contributed by atoms with Crippen LogP contribution in [0, 0.1) is 6.92 Å². The highest BCUT2D eigenvalue weighted by Gasteiger charge is 2.15. The molecule has 4 nitrogen and oxygen atoms in total. The molecule has 0 radical (unpaired) electrons. The second kappa shape index (κ2) is 8.69. The Labute approximate surface area is 167 Å². The Hall–Kier alpha value is -2.47. The molecule has 3 aromatic carbocycles. The lowest BCUT2D eigenvalue weighted by atomic mass is 9.99. The van der Waals surface area contributed by atoms with Gasteiger partial charge in [0.1, 0.15) is 0 Å². The molecule has 0 spiro atoms. The quantitative estimate of drug-likeness (QED) is 0.653. The Morgan fingerprint density at radius 3 is 2.29 bits per heavy atom. The van der Waals surface area contributed by atoms with Crippen LogP contribution in [-0.4, -0.2) is 27.4 Å². The number of benzene rings is 3. The lowest BCUT2D eigenvalue weighted by molar-refractivity contribution is 0.402. The van der Waals surface area contributed by atoms with Crippen LogP contribution in [0.3, 0.4) is 0 Å². The molecule has 1 N–H and O–H groups in total. The van der Waals surface area contributed by atoms with E-state index < -0.39 is 10.0 Å². The number of hydrogen-bond acceptors (Lipinski definition) is 3. The third-order valence-corrected chi connectivity index (χ3v) is 5.93. The Balaban J connectivity index is 1.81. The maximum atomic E-state index is 12.6. The van der Waals surface area contributed by atoms with Crippen LogP contribution in [-0.2, 0) is 23.1 Å². The fourth-order valence-corrected chi connectivity index (χ4v) is 4.26. The summed E-state index contributed by atoms with van der Waals surface area (Å²) in [7, 11) is 0.535. The van der Waals surface area contributed by atoms with Crippen LogP contribution in [0.5, 0.6) is 0 Å². The largest absolute Gasteiger partial charge is 0.305 e. The summed E-state index contributed by atoms with van der Waals surface area (Å²) < 4.78 is 28.0. The van der Waals surface area contributed by atoms with Gasteiger partial charge in [0.05, 0.1) is 4.90 Å². The molecule has 3 aromatic rings. The first-order chi connectivity index (χ1) is 13.3. The summed E-state index contributed by atoms with van der Waals surface area (Å²) in [6.45, 7) is 3.01. The average molecular weight is 395 g/mol. The van der Waals surface area contributed by atoms with Gasteiger partial charge in [-0.15, -0.1) is 0 Å². The first-order valence-electron chi connectivity index (χ1n) is 9.23. The third kappa shape index (κ3) is 5.07. The molecule has 0 atom stereocenters. The van der Waals surface area contributed by atoms with Crippen LogP contribution in [0.25, 0.3) is 11.1 Å². The van der Waals surface area contributed by atoms with Gasteiger partial charge in [-0.3, -0.25) is 0 Å². The van der Waals surface area contributed by atoms with Crippen molar-refractivity contribution in [2.24, 2.45) is 0 Å². The van der Waals surface area contributed by atoms with Gasteiger partial charge < -0.3 is 4.90 Å². The predicted octanol–water partition coefficient (Wildman–Crippen LogP) is 4.20. The van der Waals surface area contributed by atoms with E-state index >= 15 is 0 Å². The molecule has 28 heavy (non-hydrogen) atoms. The molecule has 0 aliphatic heterocycles. The number of nitrogens with one attached hydrogen (secondary N) is 1. The van der Waals surface area contributed by atoms with E-state index in [2.05, 4.69) is 33.9 Å². The van der Waals surface area contributed by atoms with Crippen LogP contribution in [0.15, 0.2) is 77.7 Å². The molecular weight excluding hydrogens is 368 g/mol. The number of nitrogens with zero attached hydrogens (tertiary/aromatic N) is 1. The normalized spacial score (nSPS) is 11.7. The minimum absolute atomic E-state index is 0.242. The maximum absolute atomic E-state index is 12.6. The fraction of sp³-hybridized carbons (Fsp3) is 0.217. The molecule has 0 bridgehead atoms. The van der Waals surface area contributed by atoms with Crippen molar-refractivity contribution < 1.29 is 8.42 Å². The molecular formula is C23H26N2O2S. The SMILES string of the molecule is Cc1cccc(S(=O)(=O)NCc2ccccc2-c2ccc(CN(C)C)cc2)c1. The molecule has 5 heteroatoms. The van der Waals surface area contributed by atoms with Crippen molar-refractivity contribution in [2.45, 2.75) is 24.9 Å². The lowest BCUT2D eigenvalue weighted by Gasteiger charge is -2.13. The molecule has 0 saturated carbocycles. The molecule has 0 aliphatic rings. The highest BCUT2D eigenvalue weighted by Crippen LogP contribution is 2.25. The molecule has 0 aromatic heterocycles. The number of aryl methyl sites for hydroxylation is 1. The summed E-state index contributed by atoms with van der Waals surface area (Å²) in [6, 6.07) is 23.2. The van der Waals surface area contributed by atoms with Crippen molar-refractivity contribution in [3.63, 3.8) is 0 Å². The van der Waals surface area contributed by atoms with E-state index in [1.165, 1.54) is 5.56 Å². The van der Waals surface area contributed by atoms with Gasteiger partial charge in [-0.25, -0.2) is 13.1 Å².